The van der Waals surface area contributed by atoms with Crippen LogP contribution in [0.4, 0.5) is 5.95 Å². The average Bonchev–Trinajstić information content (AvgIpc) is 2.26. The molecule has 100 valence electrons. The van der Waals surface area contributed by atoms with Gasteiger partial charge in [-0.25, -0.2) is 9.97 Å². The molecule has 1 heterocycles. The van der Waals surface area contributed by atoms with Gasteiger partial charge in [-0.05, 0) is 30.0 Å². The van der Waals surface area contributed by atoms with Crippen LogP contribution in [0, 0.1) is 5.41 Å². The molecule has 0 saturated heterocycles. The number of anilines is 1. The van der Waals surface area contributed by atoms with Crippen LogP contribution in [0.1, 0.15) is 26.5 Å². The number of aromatic nitrogens is 2. The highest BCUT2D eigenvalue weighted by Crippen LogP contribution is 2.24. The molecule has 0 amide bonds. The van der Waals surface area contributed by atoms with Crippen molar-refractivity contribution in [1.29, 1.82) is 0 Å². The molecule has 0 saturated carbocycles. The van der Waals surface area contributed by atoms with Crippen molar-refractivity contribution in [3.63, 3.8) is 0 Å². The van der Waals surface area contributed by atoms with E-state index in [1.165, 1.54) is 0 Å². The maximum atomic E-state index is 5.89. The Morgan fingerprint density at radius 3 is 2.32 bits per heavy atom. The Labute approximate surface area is 118 Å². The molecule has 2 aromatic rings. The van der Waals surface area contributed by atoms with Crippen molar-refractivity contribution in [2.75, 3.05) is 5.73 Å². The Balaban J connectivity index is 2.39. The first-order valence-corrected chi connectivity index (χ1v) is 6.61. The monoisotopic (exact) mass is 275 g/mol. The van der Waals surface area contributed by atoms with Gasteiger partial charge in [0.25, 0.3) is 0 Å². The van der Waals surface area contributed by atoms with Crippen LogP contribution in [0.15, 0.2) is 30.3 Å². The molecule has 0 radical (unpaired) electrons. The summed E-state index contributed by atoms with van der Waals surface area (Å²) in [4.78, 5) is 8.59. The summed E-state index contributed by atoms with van der Waals surface area (Å²) in [7, 11) is 0. The third-order valence-electron chi connectivity index (χ3n) is 2.65. The van der Waals surface area contributed by atoms with Crippen LogP contribution in [-0.4, -0.2) is 9.97 Å². The maximum Gasteiger partial charge on any atom is 0.220 e. The summed E-state index contributed by atoms with van der Waals surface area (Å²) >= 11 is 5.89. The molecule has 0 fully saturated rings. The summed E-state index contributed by atoms with van der Waals surface area (Å²) in [6.45, 7) is 6.52. The van der Waals surface area contributed by atoms with E-state index in [-0.39, 0.29) is 5.41 Å². The van der Waals surface area contributed by atoms with Crippen molar-refractivity contribution in [2.45, 2.75) is 27.2 Å². The summed E-state index contributed by atoms with van der Waals surface area (Å²) in [5.74, 6) is 0.312. The number of hydrogen-bond donors (Lipinski definition) is 1. The van der Waals surface area contributed by atoms with E-state index in [0.717, 1.165) is 23.4 Å². The number of nitrogen functional groups attached to an aromatic ring is 1. The zero-order chi connectivity index (χ0) is 14.0. The minimum atomic E-state index is 0.165. The fourth-order valence-electron chi connectivity index (χ4n) is 1.92. The fourth-order valence-corrected chi connectivity index (χ4v) is 2.05. The van der Waals surface area contributed by atoms with Crippen molar-refractivity contribution >= 4 is 17.5 Å². The van der Waals surface area contributed by atoms with Gasteiger partial charge in [0.2, 0.25) is 5.95 Å². The van der Waals surface area contributed by atoms with Gasteiger partial charge >= 0.3 is 0 Å². The molecule has 4 heteroatoms. The van der Waals surface area contributed by atoms with Crippen LogP contribution >= 0.6 is 11.6 Å². The summed E-state index contributed by atoms with van der Waals surface area (Å²) in [6, 6.07) is 9.55. The van der Waals surface area contributed by atoms with Crippen molar-refractivity contribution in [3.05, 3.63) is 41.0 Å². The number of halogens is 1. The molecule has 19 heavy (non-hydrogen) atoms. The van der Waals surface area contributed by atoms with E-state index in [1.807, 2.05) is 30.3 Å². The molecule has 0 spiro atoms. The van der Waals surface area contributed by atoms with E-state index in [9.17, 15) is 0 Å². The molecule has 0 aliphatic heterocycles. The molecular weight excluding hydrogens is 258 g/mol. The molecule has 0 unspecified atom stereocenters. The largest absolute Gasteiger partial charge is 0.368 e. The lowest BCUT2D eigenvalue weighted by Gasteiger charge is -2.17. The van der Waals surface area contributed by atoms with Gasteiger partial charge in [0.05, 0.1) is 5.69 Å². The SMILES string of the molecule is CC(C)(C)Cc1cc(-c2ccc(Cl)cc2)nc(N)n1. The second kappa shape index (κ2) is 5.17. The fraction of sp³-hybridized carbons (Fsp3) is 0.333. The molecule has 0 aliphatic carbocycles. The van der Waals surface area contributed by atoms with Crippen LogP contribution < -0.4 is 5.73 Å². The van der Waals surface area contributed by atoms with Crippen molar-refractivity contribution in [3.8, 4) is 11.3 Å². The molecule has 3 nitrogen and oxygen atoms in total. The topological polar surface area (TPSA) is 51.8 Å². The molecule has 1 aromatic carbocycles. The molecule has 0 bridgehead atoms. The standard InChI is InChI=1S/C15H18ClN3/c1-15(2,3)9-12-8-13(19-14(17)18-12)10-4-6-11(16)7-5-10/h4-8H,9H2,1-3H3,(H2,17,18,19). The maximum absolute atomic E-state index is 5.89. The predicted octanol–water partition coefficient (Wildman–Crippen LogP) is 3.97. The van der Waals surface area contributed by atoms with Gasteiger partial charge in [0.1, 0.15) is 0 Å². The zero-order valence-electron chi connectivity index (χ0n) is 11.4. The number of hydrogen-bond acceptors (Lipinski definition) is 3. The van der Waals surface area contributed by atoms with E-state index in [4.69, 9.17) is 17.3 Å². The Kier molecular flexibility index (Phi) is 3.76. The number of benzene rings is 1. The number of rotatable bonds is 2. The first kappa shape index (κ1) is 13.8. The summed E-state index contributed by atoms with van der Waals surface area (Å²) in [5.41, 5.74) is 8.76. The molecule has 2 N–H and O–H groups in total. The van der Waals surface area contributed by atoms with Gasteiger partial charge in [0, 0.05) is 16.3 Å². The third-order valence-corrected chi connectivity index (χ3v) is 2.90. The van der Waals surface area contributed by atoms with Gasteiger partial charge in [0.15, 0.2) is 0 Å². The van der Waals surface area contributed by atoms with Crippen LogP contribution in [-0.2, 0) is 6.42 Å². The van der Waals surface area contributed by atoms with Crippen molar-refractivity contribution < 1.29 is 0 Å². The quantitative estimate of drug-likeness (QED) is 0.902. The Hall–Kier alpha value is -1.61. The first-order valence-electron chi connectivity index (χ1n) is 6.23. The summed E-state index contributed by atoms with van der Waals surface area (Å²) in [6.07, 6.45) is 0.861. The van der Waals surface area contributed by atoms with Crippen LogP contribution in [0.25, 0.3) is 11.3 Å². The van der Waals surface area contributed by atoms with Crippen LogP contribution in [0.2, 0.25) is 5.02 Å². The van der Waals surface area contributed by atoms with Gasteiger partial charge < -0.3 is 5.73 Å². The zero-order valence-corrected chi connectivity index (χ0v) is 12.2. The van der Waals surface area contributed by atoms with E-state index >= 15 is 0 Å². The molecule has 2 rings (SSSR count). The lowest BCUT2D eigenvalue weighted by molar-refractivity contribution is 0.406. The highest BCUT2D eigenvalue weighted by Gasteiger charge is 2.14. The van der Waals surface area contributed by atoms with Gasteiger partial charge in [-0.2, -0.15) is 0 Å². The summed E-state index contributed by atoms with van der Waals surface area (Å²) in [5, 5.41) is 0.709. The third kappa shape index (κ3) is 3.93. The van der Waals surface area contributed by atoms with Gasteiger partial charge in [-0.15, -0.1) is 0 Å². The summed E-state index contributed by atoms with van der Waals surface area (Å²) < 4.78 is 0. The Morgan fingerprint density at radius 2 is 1.74 bits per heavy atom. The van der Waals surface area contributed by atoms with Crippen LogP contribution in [0.3, 0.4) is 0 Å². The van der Waals surface area contributed by atoms with E-state index in [1.54, 1.807) is 0 Å². The van der Waals surface area contributed by atoms with Gasteiger partial charge in [-0.3, -0.25) is 0 Å². The minimum Gasteiger partial charge on any atom is -0.368 e. The second-order valence-electron chi connectivity index (χ2n) is 5.85. The van der Waals surface area contributed by atoms with E-state index in [0.29, 0.717) is 11.0 Å². The molecule has 1 aromatic heterocycles. The van der Waals surface area contributed by atoms with E-state index in [2.05, 4.69) is 30.7 Å². The van der Waals surface area contributed by atoms with Crippen LogP contribution in [0.5, 0.6) is 0 Å². The second-order valence-corrected chi connectivity index (χ2v) is 6.28. The van der Waals surface area contributed by atoms with Crippen molar-refractivity contribution in [2.24, 2.45) is 5.41 Å². The minimum absolute atomic E-state index is 0.165. The lowest BCUT2D eigenvalue weighted by atomic mass is 9.90. The Bertz CT molecular complexity index is 571. The highest BCUT2D eigenvalue weighted by atomic mass is 35.5. The highest BCUT2D eigenvalue weighted by molar-refractivity contribution is 6.30. The van der Waals surface area contributed by atoms with Crippen molar-refractivity contribution in [1.82, 2.24) is 9.97 Å². The first-order chi connectivity index (χ1) is 8.83. The average molecular weight is 276 g/mol. The number of nitrogens with zero attached hydrogens (tertiary/aromatic N) is 2. The number of nitrogens with two attached hydrogens (primary N) is 1. The molecule has 0 aliphatic rings. The predicted molar refractivity (Wildman–Crippen MR) is 80.0 cm³/mol. The molecule has 0 atom stereocenters. The normalized spacial score (nSPS) is 11.6. The smallest absolute Gasteiger partial charge is 0.220 e. The van der Waals surface area contributed by atoms with Gasteiger partial charge in [-0.1, -0.05) is 44.5 Å². The Morgan fingerprint density at radius 1 is 1.11 bits per heavy atom. The molecular formula is C15H18ClN3. The van der Waals surface area contributed by atoms with E-state index < -0.39 is 0 Å². The lowest BCUT2D eigenvalue weighted by Crippen LogP contribution is -2.12.